The Hall–Kier alpha value is -6.45. The molecule has 1 atom stereocenters. The number of hydrogen-bond donors (Lipinski definition) is 3. The van der Waals surface area contributed by atoms with Gasteiger partial charge in [-0.1, -0.05) is 30.8 Å². The summed E-state index contributed by atoms with van der Waals surface area (Å²) in [6, 6.07) is 21.1. The van der Waals surface area contributed by atoms with Crippen LogP contribution < -0.4 is 21.1 Å². The fourth-order valence-electron chi connectivity index (χ4n) is 7.39. The van der Waals surface area contributed by atoms with Gasteiger partial charge >= 0.3 is 0 Å². The van der Waals surface area contributed by atoms with Crippen molar-refractivity contribution < 1.29 is 28.7 Å². The molecule has 15 nitrogen and oxygen atoms in total. The number of hydrogen-bond acceptors (Lipinski definition) is 11. The van der Waals surface area contributed by atoms with Gasteiger partial charge in [-0.2, -0.15) is 5.10 Å². The van der Waals surface area contributed by atoms with Crippen molar-refractivity contribution in [3.63, 3.8) is 0 Å². The molecule has 3 aliphatic heterocycles. The number of rotatable bonds is 11. The van der Waals surface area contributed by atoms with Gasteiger partial charge in [-0.05, 0) is 74.2 Å². The molecule has 15 heteroatoms. The number of fused-ring (bicyclic) bond motifs is 2. The highest BCUT2D eigenvalue weighted by atomic mass is 16.5. The molecule has 0 bridgehead atoms. The van der Waals surface area contributed by atoms with Crippen LogP contribution in [0.25, 0.3) is 22.3 Å². The lowest BCUT2D eigenvalue weighted by atomic mass is 10.0. The second-order valence-electron chi connectivity index (χ2n) is 13.7. The van der Waals surface area contributed by atoms with E-state index in [-0.39, 0.29) is 35.9 Å². The van der Waals surface area contributed by atoms with Crippen LogP contribution in [0.4, 0.5) is 11.5 Å². The van der Waals surface area contributed by atoms with Crippen LogP contribution in [0.3, 0.4) is 0 Å². The van der Waals surface area contributed by atoms with Crippen LogP contribution >= 0.6 is 0 Å². The normalized spacial score (nSPS) is 17.7. The summed E-state index contributed by atoms with van der Waals surface area (Å²) in [7, 11) is 0. The molecule has 0 spiro atoms. The van der Waals surface area contributed by atoms with Gasteiger partial charge in [0.05, 0.1) is 34.8 Å². The first-order chi connectivity index (χ1) is 26.7. The molecular formula is C40H39N9O6. The van der Waals surface area contributed by atoms with E-state index in [1.54, 1.807) is 12.1 Å². The average Bonchev–Trinajstić information content (AvgIpc) is 3.70. The number of carbonyl (C=O) groups excluding carboxylic acids is 4. The lowest BCUT2D eigenvalue weighted by molar-refractivity contribution is -0.125. The van der Waals surface area contributed by atoms with Gasteiger partial charge in [-0.15, -0.1) is 0 Å². The van der Waals surface area contributed by atoms with Crippen molar-refractivity contribution in [2.45, 2.75) is 37.8 Å². The van der Waals surface area contributed by atoms with Crippen molar-refractivity contribution in [2.24, 2.45) is 0 Å². The number of likely N-dealkylation sites (tertiary alicyclic amines) is 1. The van der Waals surface area contributed by atoms with Gasteiger partial charge in [0.15, 0.2) is 5.65 Å². The lowest BCUT2D eigenvalue weighted by Gasteiger charge is -2.32. The molecule has 3 aromatic carbocycles. The highest BCUT2D eigenvalue weighted by Crippen LogP contribution is 2.36. The minimum Gasteiger partial charge on any atom is -0.457 e. The number of nitrogens with two attached hydrogens (primary N) is 1. The summed E-state index contributed by atoms with van der Waals surface area (Å²) in [5.41, 5.74) is 9.61. The number of nitrogen functional groups attached to an aromatic ring is 1. The van der Waals surface area contributed by atoms with Gasteiger partial charge in [0.1, 0.15) is 42.0 Å². The first kappa shape index (κ1) is 35.6. The highest BCUT2D eigenvalue weighted by molar-refractivity contribution is 6.25. The molecule has 2 saturated heterocycles. The van der Waals surface area contributed by atoms with E-state index in [2.05, 4.69) is 32.1 Å². The number of aromatic nitrogens is 4. The van der Waals surface area contributed by atoms with E-state index in [1.807, 2.05) is 59.3 Å². The third kappa shape index (κ3) is 7.14. The Bertz CT molecular complexity index is 2300. The van der Waals surface area contributed by atoms with E-state index in [0.717, 1.165) is 42.1 Å². The smallest absolute Gasteiger partial charge is 0.264 e. The maximum Gasteiger partial charge on any atom is 0.264 e. The number of anilines is 2. The van der Waals surface area contributed by atoms with Crippen LogP contribution in [0.15, 0.2) is 91.4 Å². The van der Waals surface area contributed by atoms with E-state index < -0.39 is 29.7 Å². The molecule has 8 rings (SSSR count). The first-order valence-electron chi connectivity index (χ1n) is 18.2. The molecule has 5 aromatic rings. The minimum atomic E-state index is -0.941. The van der Waals surface area contributed by atoms with Crippen LogP contribution in [0.1, 0.15) is 52.4 Å². The van der Waals surface area contributed by atoms with Crippen molar-refractivity contribution in [2.75, 3.05) is 43.9 Å². The van der Waals surface area contributed by atoms with E-state index in [1.165, 1.54) is 12.4 Å². The first-order valence-corrected chi connectivity index (χ1v) is 18.2. The summed E-state index contributed by atoms with van der Waals surface area (Å²) in [6.07, 6.45) is 3.86. The predicted octanol–water partition coefficient (Wildman–Crippen LogP) is 4.55. The standard InChI is InChI=1S/C40H39N9O6/c1-24-10-15-31(38(51)44-24)48-39(52)29-8-5-9-30(33(29)40(48)53)45-32(50)22-54-21-20-47-18-16-26(17-19-47)49-37-34(36(41)42-23-43-37)35(46-49)25-11-13-28(14-12-25)55-27-6-3-2-4-7-27/h2-9,11-14,23,26,31H,1,10,15-22H2,(H,44,51)(H,45,50)(H2,41,42,43). The second-order valence-corrected chi connectivity index (χ2v) is 13.7. The van der Waals surface area contributed by atoms with Crippen molar-refractivity contribution in [3.05, 3.63) is 103 Å². The van der Waals surface area contributed by atoms with Crippen LogP contribution in [-0.4, -0.2) is 92.1 Å². The summed E-state index contributed by atoms with van der Waals surface area (Å²) in [6.45, 7) is 6.04. The van der Waals surface area contributed by atoms with Crippen molar-refractivity contribution in [3.8, 4) is 22.8 Å². The Morgan fingerprint density at radius 3 is 2.45 bits per heavy atom. The van der Waals surface area contributed by atoms with Crippen LogP contribution in [0.5, 0.6) is 11.5 Å². The van der Waals surface area contributed by atoms with Crippen molar-refractivity contribution in [1.82, 2.24) is 34.9 Å². The van der Waals surface area contributed by atoms with E-state index in [4.69, 9.17) is 20.3 Å². The third-order valence-corrected chi connectivity index (χ3v) is 10.2. The summed E-state index contributed by atoms with van der Waals surface area (Å²) in [5.74, 6) is -0.269. The highest BCUT2D eigenvalue weighted by Gasteiger charge is 2.45. The number of amides is 4. The summed E-state index contributed by atoms with van der Waals surface area (Å²) < 4.78 is 13.7. The van der Waals surface area contributed by atoms with Gasteiger partial charge in [0, 0.05) is 30.9 Å². The van der Waals surface area contributed by atoms with Crippen molar-refractivity contribution >= 4 is 46.2 Å². The van der Waals surface area contributed by atoms with Gasteiger partial charge in [-0.25, -0.2) is 14.6 Å². The Labute approximate surface area is 316 Å². The molecule has 280 valence electrons. The molecule has 2 fully saturated rings. The molecule has 1 unspecified atom stereocenters. The maximum absolute atomic E-state index is 13.4. The average molecular weight is 742 g/mol. The van der Waals surface area contributed by atoms with Crippen LogP contribution in [-0.2, 0) is 14.3 Å². The summed E-state index contributed by atoms with van der Waals surface area (Å²) in [4.78, 5) is 64.1. The number of imide groups is 1. The molecule has 2 aromatic heterocycles. The molecule has 0 aliphatic carbocycles. The molecule has 0 saturated carbocycles. The summed E-state index contributed by atoms with van der Waals surface area (Å²) in [5, 5.41) is 11.1. The SMILES string of the molecule is C=C1CCC(N2C(=O)c3cccc(NC(=O)COCCN4CCC(n5nc(-c6ccc(Oc7ccccc7)cc6)c6c(N)ncnc65)CC4)c3C2=O)C(=O)N1. The quantitative estimate of drug-likeness (QED) is 0.127. The number of nitrogens with zero attached hydrogens (tertiary/aromatic N) is 6. The monoisotopic (exact) mass is 741 g/mol. The van der Waals surface area contributed by atoms with Gasteiger partial charge in [-0.3, -0.25) is 24.1 Å². The molecule has 55 heavy (non-hydrogen) atoms. The summed E-state index contributed by atoms with van der Waals surface area (Å²) >= 11 is 0. The Balaban J connectivity index is 0.841. The zero-order valence-electron chi connectivity index (χ0n) is 29.9. The second kappa shape index (κ2) is 15.1. The largest absolute Gasteiger partial charge is 0.457 e. The number of piperidine rings is 2. The van der Waals surface area contributed by atoms with Gasteiger partial charge in [0.25, 0.3) is 11.8 Å². The van der Waals surface area contributed by atoms with E-state index in [0.29, 0.717) is 53.6 Å². The Morgan fingerprint density at radius 1 is 0.927 bits per heavy atom. The fraction of sp³-hybridized carbons (Fsp3) is 0.275. The van der Waals surface area contributed by atoms with E-state index in [9.17, 15) is 19.2 Å². The number of carbonyl (C=O) groups is 4. The minimum absolute atomic E-state index is 0.0680. The molecule has 4 amide bonds. The Morgan fingerprint density at radius 2 is 1.69 bits per heavy atom. The zero-order valence-corrected chi connectivity index (χ0v) is 29.9. The van der Waals surface area contributed by atoms with Crippen molar-refractivity contribution in [1.29, 1.82) is 0 Å². The maximum atomic E-state index is 13.4. The molecule has 4 N–H and O–H groups in total. The van der Waals surface area contributed by atoms with Crippen LogP contribution in [0.2, 0.25) is 0 Å². The zero-order chi connectivity index (χ0) is 38.1. The van der Waals surface area contributed by atoms with Gasteiger partial charge in [0.2, 0.25) is 11.8 Å². The Kier molecular flexibility index (Phi) is 9.78. The number of para-hydroxylation sites is 1. The molecule has 3 aliphatic rings. The number of benzene rings is 3. The van der Waals surface area contributed by atoms with E-state index >= 15 is 0 Å². The molecule has 5 heterocycles. The van der Waals surface area contributed by atoms with Gasteiger partial charge < -0.3 is 30.7 Å². The molecular weight excluding hydrogens is 702 g/mol. The number of ether oxygens (including phenoxy) is 2. The fourth-order valence-corrected chi connectivity index (χ4v) is 7.39. The lowest BCUT2D eigenvalue weighted by Crippen LogP contribution is -2.51. The predicted molar refractivity (Wildman–Crippen MR) is 203 cm³/mol. The number of allylic oxidation sites excluding steroid dienone is 1. The number of nitrogens with one attached hydrogen (secondary N) is 2. The van der Waals surface area contributed by atoms with Crippen LogP contribution in [0, 0.1) is 0 Å². The third-order valence-electron chi connectivity index (χ3n) is 10.2. The molecule has 0 radical (unpaired) electrons. The topological polar surface area (TPSA) is 187 Å².